The summed E-state index contributed by atoms with van der Waals surface area (Å²) in [7, 11) is -4.93. The molecule has 9 nitrogen and oxygen atoms in total. The summed E-state index contributed by atoms with van der Waals surface area (Å²) in [6.07, 6.45) is -9.31. The van der Waals surface area contributed by atoms with Gasteiger partial charge in [-0.15, -0.1) is 0 Å². The molecule has 0 amide bonds. The van der Waals surface area contributed by atoms with Gasteiger partial charge in [0, 0.05) is 0 Å². The summed E-state index contributed by atoms with van der Waals surface area (Å²) in [6.45, 7) is 0. The van der Waals surface area contributed by atoms with E-state index in [0.29, 0.717) is 0 Å². The van der Waals surface area contributed by atoms with Crippen molar-refractivity contribution in [2.75, 3.05) is 0 Å². The van der Waals surface area contributed by atoms with Gasteiger partial charge in [0.25, 0.3) is 0 Å². The number of aliphatic hydroxyl groups excluding tert-OH is 4. The third-order valence-corrected chi connectivity index (χ3v) is 2.27. The van der Waals surface area contributed by atoms with E-state index >= 15 is 0 Å². The second-order valence-electron chi connectivity index (χ2n) is 2.96. The predicted molar refractivity (Wildman–Crippen MR) is 42.0 cm³/mol. The highest BCUT2D eigenvalue weighted by Gasteiger charge is 2.45. The van der Waals surface area contributed by atoms with Crippen LogP contribution in [0.1, 0.15) is 0 Å². The molecule has 90 valence electrons. The minimum atomic E-state index is -4.93. The molecule has 0 spiro atoms. The highest BCUT2D eigenvalue weighted by atomic mass is 31.2. The number of hydrogen-bond donors (Lipinski definition) is 6. The molecule has 1 heterocycles. The number of ether oxygens (including phenoxy) is 1. The van der Waals surface area contributed by atoms with E-state index in [9.17, 15) is 9.67 Å². The number of phosphoric acid groups is 1. The molecule has 6 N–H and O–H groups in total. The Bertz CT molecular complexity index is 263. The van der Waals surface area contributed by atoms with Gasteiger partial charge in [-0.25, -0.2) is 4.57 Å². The summed E-state index contributed by atoms with van der Waals surface area (Å²) in [6, 6.07) is 0. The average molecular weight is 246 g/mol. The molecule has 10 heteroatoms. The molecule has 1 saturated heterocycles. The molecule has 1 unspecified atom stereocenters. The first-order valence-corrected chi connectivity index (χ1v) is 5.37. The second-order valence-corrected chi connectivity index (χ2v) is 4.15. The van der Waals surface area contributed by atoms with Crippen LogP contribution < -0.4 is 0 Å². The lowest BCUT2D eigenvalue weighted by molar-refractivity contribution is -0.323. The van der Waals surface area contributed by atoms with Crippen molar-refractivity contribution in [3.8, 4) is 0 Å². The number of phosphoric ester groups is 1. The van der Waals surface area contributed by atoms with Gasteiger partial charge in [0.15, 0.2) is 6.29 Å². The topological polar surface area (TPSA) is 157 Å². The smallest absolute Gasteiger partial charge is 0.387 e. The third-order valence-electron chi connectivity index (χ3n) is 1.79. The predicted octanol–water partition coefficient (Wildman–Crippen LogP) is -3.15. The van der Waals surface area contributed by atoms with Crippen molar-refractivity contribution in [2.24, 2.45) is 0 Å². The van der Waals surface area contributed by atoms with E-state index in [1.807, 2.05) is 0 Å². The van der Waals surface area contributed by atoms with E-state index in [1.165, 1.54) is 0 Å². The maximum atomic E-state index is 10.4. The van der Waals surface area contributed by atoms with Crippen LogP contribution in [0, 0.1) is 0 Å². The fraction of sp³-hybridized carbons (Fsp3) is 1.00. The highest BCUT2D eigenvalue weighted by molar-refractivity contribution is 7.46. The Hall–Kier alpha value is -0.0900. The lowest BCUT2D eigenvalue weighted by Gasteiger charge is -2.37. The Labute approximate surface area is 83.7 Å². The second kappa shape index (κ2) is 4.42. The van der Waals surface area contributed by atoms with Crippen molar-refractivity contribution >= 4 is 7.82 Å². The Morgan fingerprint density at radius 3 is 2.00 bits per heavy atom. The van der Waals surface area contributed by atoms with Crippen molar-refractivity contribution in [1.82, 2.24) is 0 Å². The molecule has 0 aromatic heterocycles. The Morgan fingerprint density at radius 1 is 1.00 bits per heavy atom. The monoisotopic (exact) mass is 246 g/mol. The van der Waals surface area contributed by atoms with Crippen LogP contribution in [-0.2, 0) is 13.8 Å². The van der Waals surface area contributed by atoms with E-state index in [2.05, 4.69) is 9.26 Å². The molecular formula is C5H11O9P. The van der Waals surface area contributed by atoms with Gasteiger partial charge in [0.2, 0.25) is 6.29 Å². The van der Waals surface area contributed by atoms with E-state index in [-0.39, 0.29) is 0 Å². The summed E-state index contributed by atoms with van der Waals surface area (Å²) < 4.78 is 18.7. The molecule has 0 aliphatic carbocycles. The summed E-state index contributed by atoms with van der Waals surface area (Å²) in [4.78, 5) is 16.8. The zero-order chi connectivity index (χ0) is 11.8. The average Bonchev–Trinajstić information content (AvgIpc) is 2.08. The number of hydrogen-bond acceptors (Lipinski definition) is 7. The molecule has 0 aromatic carbocycles. The van der Waals surface area contributed by atoms with Gasteiger partial charge in [-0.05, 0) is 0 Å². The van der Waals surface area contributed by atoms with E-state index in [1.54, 1.807) is 0 Å². The highest BCUT2D eigenvalue weighted by Crippen LogP contribution is 2.40. The fourth-order valence-corrected chi connectivity index (χ4v) is 1.50. The van der Waals surface area contributed by atoms with Crippen LogP contribution in [0.25, 0.3) is 0 Å². The van der Waals surface area contributed by atoms with Crippen molar-refractivity contribution < 1.29 is 44.0 Å². The molecular weight excluding hydrogens is 235 g/mol. The zero-order valence-corrected chi connectivity index (χ0v) is 8.14. The van der Waals surface area contributed by atoms with Crippen LogP contribution in [0.15, 0.2) is 0 Å². The van der Waals surface area contributed by atoms with Crippen LogP contribution in [-0.4, -0.2) is 61.1 Å². The van der Waals surface area contributed by atoms with Gasteiger partial charge in [-0.2, -0.15) is 0 Å². The standard InChI is InChI=1S/C5H11O9P/c6-1-2(7)4(9)13-5(3(1)8)14-15(10,11)12/h1-9H,(H2,10,11,12)/t1-,2+,3-,4-,5?/m0/s1. The largest absolute Gasteiger partial charge is 0.472 e. The van der Waals surface area contributed by atoms with Gasteiger partial charge < -0.3 is 34.9 Å². The summed E-state index contributed by atoms with van der Waals surface area (Å²) >= 11 is 0. The molecule has 0 bridgehead atoms. The Morgan fingerprint density at radius 2 is 1.53 bits per heavy atom. The van der Waals surface area contributed by atoms with Crippen molar-refractivity contribution in [3.63, 3.8) is 0 Å². The maximum absolute atomic E-state index is 10.4. The molecule has 15 heavy (non-hydrogen) atoms. The van der Waals surface area contributed by atoms with E-state index in [4.69, 9.17) is 25.1 Å². The first-order valence-electron chi connectivity index (χ1n) is 3.84. The fourth-order valence-electron chi connectivity index (χ4n) is 1.05. The molecule has 1 rings (SSSR count). The lowest BCUT2D eigenvalue weighted by Crippen LogP contribution is -2.57. The summed E-state index contributed by atoms with van der Waals surface area (Å²) in [5, 5.41) is 36.2. The zero-order valence-electron chi connectivity index (χ0n) is 7.24. The summed E-state index contributed by atoms with van der Waals surface area (Å²) in [5.74, 6) is 0. The van der Waals surface area contributed by atoms with Gasteiger partial charge in [0.05, 0.1) is 0 Å². The normalized spacial score (nSPS) is 42.9. The molecule has 1 fully saturated rings. The molecule has 5 atom stereocenters. The quantitative estimate of drug-likeness (QED) is 0.277. The first-order chi connectivity index (χ1) is 6.72. The number of rotatable bonds is 2. The summed E-state index contributed by atoms with van der Waals surface area (Å²) in [5.41, 5.74) is 0. The Balaban J connectivity index is 2.71. The van der Waals surface area contributed by atoms with Gasteiger partial charge in [-0.1, -0.05) is 0 Å². The van der Waals surface area contributed by atoms with Crippen LogP contribution in [0.3, 0.4) is 0 Å². The van der Waals surface area contributed by atoms with Gasteiger partial charge >= 0.3 is 7.82 Å². The minimum Gasteiger partial charge on any atom is -0.387 e. The van der Waals surface area contributed by atoms with Gasteiger partial charge in [0.1, 0.15) is 18.3 Å². The minimum absolute atomic E-state index is 1.78. The molecule has 1 aliphatic rings. The first kappa shape index (κ1) is 13.0. The van der Waals surface area contributed by atoms with Crippen molar-refractivity contribution in [2.45, 2.75) is 30.9 Å². The van der Waals surface area contributed by atoms with Gasteiger partial charge in [-0.3, -0.25) is 4.52 Å². The number of aliphatic hydroxyl groups is 4. The van der Waals surface area contributed by atoms with Crippen LogP contribution in [0.2, 0.25) is 0 Å². The third kappa shape index (κ3) is 3.18. The SMILES string of the molecule is O=P(O)(O)OC1O[C@H](O)[C@H](O)[C@H](O)[C@@H]1O. The molecule has 0 aromatic rings. The van der Waals surface area contributed by atoms with E-state index < -0.39 is 38.7 Å². The lowest BCUT2D eigenvalue weighted by atomic mass is 10.0. The molecule has 0 saturated carbocycles. The van der Waals surface area contributed by atoms with Crippen LogP contribution in [0.4, 0.5) is 0 Å². The van der Waals surface area contributed by atoms with Crippen molar-refractivity contribution in [1.29, 1.82) is 0 Å². The maximum Gasteiger partial charge on any atom is 0.472 e. The molecule has 0 radical (unpaired) electrons. The Kier molecular flexibility index (Phi) is 3.82. The molecule has 1 aliphatic heterocycles. The van der Waals surface area contributed by atoms with Crippen molar-refractivity contribution in [3.05, 3.63) is 0 Å². The van der Waals surface area contributed by atoms with Crippen LogP contribution >= 0.6 is 7.82 Å². The van der Waals surface area contributed by atoms with E-state index in [0.717, 1.165) is 0 Å². The van der Waals surface area contributed by atoms with Crippen LogP contribution in [0.5, 0.6) is 0 Å².